The summed E-state index contributed by atoms with van der Waals surface area (Å²) in [5, 5.41) is 7.23. The smallest absolute Gasteiger partial charge is 0.232 e. The fraction of sp³-hybridized carbons (Fsp3) is 0.765. The van der Waals surface area contributed by atoms with Crippen LogP contribution in [0.1, 0.15) is 63.2 Å². The summed E-state index contributed by atoms with van der Waals surface area (Å²) in [4.78, 5) is 18.4. The van der Waals surface area contributed by atoms with E-state index < -0.39 is 0 Å². The molecule has 0 radical (unpaired) electrons. The SMILES string of the molecule is CC(C)(C(=O)Nc1ncc(C2CCNCC2)s1)C1CCCC1. The van der Waals surface area contributed by atoms with Crippen molar-refractivity contribution in [1.29, 1.82) is 0 Å². The lowest BCUT2D eigenvalue weighted by Gasteiger charge is -2.29. The van der Waals surface area contributed by atoms with Crippen LogP contribution in [0.15, 0.2) is 6.20 Å². The van der Waals surface area contributed by atoms with Gasteiger partial charge in [-0.15, -0.1) is 11.3 Å². The molecule has 1 amide bonds. The second-order valence-electron chi connectivity index (χ2n) is 7.25. The highest BCUT2D eigenvalue weighted by atomic mass is 32.1. The number of carbonyl (C=O) groups is 1. The molecule has 4 nitrogen and oxygen atoms in total. The summed E-state index contributed by atoms with van der Waals surface area (Å²) >= 11 is 1.66. The molecule has 1 saturated heterocycles. The quantitative estimate of drug-likeness (QED) is 0.887. The van der Waals surface area contributed by atoms with Crippen molar-refractivity contribution in [2.75, 3.05) is 18.4 Å². The van der Waals surface area contributed by atoms with Gasteiger partial charge >= 0.3 is 0 Å². The fourth-order valence-electron chi connectivity index (χ4n) is 3.73. The Labute approximate surface area is 137 Å². The van der Waals surface area contributed by atoms with Crippen LogP contribution in [0.3, 0.4) is 0 Å². The number of carbonyl (C=O) groups excluding carboxylic acids is 1. The zero-order chi connectivity index (χ0) is 15.6. The fourth-order valence-corrected chi connectivity index (χ4v) is 4.71. The summed E-state index contributed by atoms with van der Waals surface area (Å²) in [6.45, 7) is 6.33. The minimum atomic E-state index is -0.295. The molecule has 2 fully saturated rings. The average molecular weight is 321 g/mol. The number of hydrogen-bond acceptors (Lipinski definition) is 4. The number of hydrogen-bond donors (Lipinski definition) is 2. The molecule has 0 spiro atoms. The van der Waals surface area contributed by atoms with Crippen molar-refractivity contribution in [3.05, 3.63) is 11.1 Å². The number of piperidine rings is 1. The Balaban J connectivity index is 1.62. The van der Waals surface area contributed by atoms with E-state index in [2.05, 4.69) is 29.5 Å². The predicted molar refractivity (Wildman–Crippen MR) is 91.3 cm³/mol. The van der Waals surface area contributed by atoms with Crippen LogP contribution in [-0.4, -0.2) is 24.0 Å². The van der Waals surface area contributed by atoms with Gasteiger partial charge in [-0.1, -0.05) is 26.7 Å². The van der Waals surface area contributed by atoms with Crippen LogP contribution < -0.4 is 10.6 Å². The van der Waals surface area contributed by atoms with Gasteiger partial charge in [0.15, 0.2) is 5.13 Å². The summed E-state index contributed by atoms with van der Waals surface area (Å²) < 4.78 is 0. The lowest BCUT2D eigenvalue weighted by molar-refractivity contribution is -0.126. The molecule has 1 aromatic rings. The minimum Gasteiger partial charge on any atom is -0.317 e. The van der Waals surface area contributed by atoms with E-state index in [1.165, 1.54) is 43.4 Å². The maximum Gasteiger partial charge on any atom is 0.232 e. The van der Waals surface area contributed by atoms with Gasteiger partial charge in [-0.3, -0.25) is 4.79 Å². The zero-order valence-corrected chi connectivity index (χ0v) is 14.5. The van der Waals surface area contributed by atoms with Crippen LogP contribution >= 0.6 is 11.3 Å². The number of rotatable bonds is 4. The number of nitrogens with one attached hydrogen (secondary N) is 2. The lowest BCUT2D eigenvalue weighted by atomic mass is 9.77. The van der Waals surface area contributed by atoms with Crippen molar-refractivity contribution >= 4 is 22.4 Å². The van der Waals surface area contributed by atoms with Crippen molar-refractivity contribution in [2.24, 2.45) is 11.3 Å². The van der Waals surface area contributed by atoms with E-state index in [1.807, 2.05) is 6.20 Å². The second kappa shape index (κ2) is 6.67. The summed E-state index contributed by atoms with van der Waals surface area (Å²) in [6, 6.07) is 0. The molecule has 2 aliphatic rings. The Bertz CT molecular complexity index is 514. The van der Waals surface area contributed by atoms with Gasteiger partial charge in [0.25, 0.3) is 0 Å². The van der Waals surface area contributed by atoms with E-state index in [1.54, 1.807) is 11.3 Å². The maximum absolute atomic E-state index is 12.7. The first-order chi connectivity index (χ1) is 10.6. The highest BCUT2D eigenvalue weighted by molar-refractivity contribution is 7.15. The minimum absolute atomic E-state index is 0.130. The standard InChI is InChI=1S/C17H27N3OS/c1-17(2,13-5-3-4-6-13)15(21)20-16-19-11-14(22-16)12-7-9-18-10-8-12/h11-13,18H,3-10H2,1-2H3,(H,19,20,21). The molecule has 1 saturated carbocycles. The van der Waals surface area contributed by atoms with Gasteiger partial charge in [-0.25, -0.2) is 4.98 Å². The lowest BCUT2D eigenvalue weighted by Crippen LogP contribution is -2.36. The van der Waals surface area contributed by atoms with Crippen LogP contribution in [0.25, 0.3) is 0 Å². The third-order valence-corrected chi connectivity index (χ3v) is 6.52. The molecule has 122 valence electrons. The molecule has 3 rings (SSSR count). The Kier molecular flexibility index (Phi) is 4.83. The third kappa shape index (κ3) is 3.35. The zero-order valence-electron chi connectivity index (χ0n) is 13.7. The molecule has 0 bridgehead atoms. The molecular weight excluding hydrogens is 294 g/mol. The topological polar surface area (TPSA) is 54.0 Å². The van der Waals surface area contributed by atoms with Crippen LogP contribution in [0, 0.1) is 11.3 Å². The monoisotopic (exact) mass is 321 g/mol. The van der Waals surface area contributed by atoms with Gasteiger partial charge in [-0.05, 0) is 50.6 Å². The Morgan fingerprint density at radius 3 is 2.64 bits per heavy atom. The Morgan fingerprint density at radius 1 is 1.27 bits per heavy atom. The number of aromatic nitrogens is 1. The van der Waals surface area contributed by atoms with Gasteiger partial charge < -0.3 is 10.6 Å². The van der Waals surface area contributed by atoms with Gasteiger partial charge in [-0.2, -0.15) is 0 Å². The first-order valence-corrected chi connectivity index (χ1v) is 9.37. The molecule has 0 aromatic carbocycles. The van der Waals surface area contributed by atoms with E-state index in [4.69, 9.17) is 0 Å². The van der Waals surface area contributed by atoms with E-state index in [0.29, 0.717) is 11.8 Å². The summed E-state index contributed by atoms with van der Waals surface area (Å²) in [5.41, 5.74) is -0.295. The summed E-state index contributed by atoms with van der Waals surface area (Å²) in [7, 11) is 0. The molecule has 0 unspecified atom stereocenters. The molecule has 2 heterocycles. The first kappa shape index (κ1) is 15.9. The first-order valence-electron chi connectivity index (χ1n) is 8.55. The molecular formula is C17H27N3OS. The molecule has 1 aromatic heterocycles. The average Bonchev–Trinajstić information content (AvgIpc) is 3.20. The van der Waals surface area contributed by atoms with Crippen molar-refractivity contribution in [1.82, 2.24) is 10.3 Å². The van der Waals surface area contributed by atoms with Crippen molar-refractivity contribution in [2.45, 2.75) is 58.3 Å². The number of thiazole rings is 1. The molecule has 1 aliphatic heterocycles. The van der Waals surface area contributed by atoms with E-state index in [-0.39, 0.29) is 11.3 Å². The summed E-state index contributed by atoms with van der Waals surface area (Å²) in [6.07, 6.45) is 9.18. The van der Waals surface area contributed by atoms with Crippen molar-refractivity contribution < 1.29 is 4.79 Å². The largest absolute Gasteiger partial charge is 0.317 e. The molecule has 22 heavy (non-hydrogen) atoms. The highest BCUT2D eigenvalue weighted by Crippen LogP contribution is 2.40. The van der Waals surface area contributed by atoms with Gasteiger partial charge in [0, 0.05) is 16.5 Å². The van der Waals surface area contributed by atoms with Crippen molar-refractivity contribution in [3.63, 3.8) is 0 Å². The Morgan fingerprint density at radius 2 is 1.95 bits per heavy atom. The third-order valence-electron chi connectivity index (χ3n) is 5.45. The van der Waals surface area contributed by atoms with E-state index >= 15 is 0 Å². The van der Waals surface area contributed by atoms with Crippen LogP contribution in [0.5, 0.6) is 0 Å². The number of amides is 1. The number of nitrogens with zero attached hydrogens (tertiary/aromatic N) is 1. The van der Waals surface area contributed by atoms with Crippen LogP contribution in [0.4, 0.5) is 5.13 Å². The molecule has 5 heteroatoms. The summed E-state index contributed by atoms with van der Waals surface area (Å²) in [5.74, 6) is 1.24. The van der Waals surface area contributed by atoms with Gasteiger partial charge in [0.05, 0.1) is 0 Å². The second-order valence-corrected chi connectivity index (χ2v) is 8.31. The molecule has 1 aliphatic carbocycles. The van der Waals surface area contributed by atoms with Gasteiger partial charge in [0.1, 0.15) is 0 Å². The van der Waals surface area contributed by atoms with E-state index in [0.717, 1.165) is 18.2 Å². The normalized spacial score (nSPS) is 21.2. The van der Waals surface area contributed by atoms with E-state index in [9.17, 15) is 4.79 Å². The van der Waals surface area contributed by atoms with Gasteiger partial charge in [0.2, 0.25) is 5.91 Å². The maximum atomic E-state index is 12.7. The molecule has 2 N–H and O–H groups in total. The van der Waals surface area contributed by atoms with Crippen LogP contribution in [0.2, 0.25) is 0 Å². The van der Waals surface area contributed by atoms with Crippen LogP contribution in [-0.2, 0) is 4.79 Å². The number of anilines is 1. The predicted octanol–water partition coefficient (Wildman–Crippen LogP) is 3.77. The highest BCUT2D eigenvalue weighted by Gasteiger charge is 2.38. The van der Waals surface area contributed by atoms with Crippen molar-refractivity contribution in [3.8, 4) is 0 Å². The Hall–Kier alpha value is -0.940. The molecule has 0 atom stereocenters.